The Morgan fingerprint density at radius 3 is 2.93 bits per heavy atom. The number of carboxylic acid groups (broad SMARTS) is 1. The van der Waals surface area contributed by atoms with Gasteiger partial charge in [-0.2, -0.15) is 0 Å². The molecule has 27 heavy (non-hydrogen) atoms. The van der Waals surface area contributed by atoms with Gasteiger partial charge in [-0.05, 0) is 19.9 Å². The summed E-state index contributed by atoms with van der Waals surface area (Å²) in [5, 5.41) is 23.6. The third-order valence-corrected chi connectivity index (χ3v) is 7.24. The number of amides is 1. The number of aliphatic hydroxyl groups excluding tert-OH is 1. The molecule has 9 heteroatoms. The molecule has 2 saturated heterocycles. The lowest BCUT2D eigenvalue weighted by atomic mass is 9.79. The zero-order valence-electron chi connectivity index (χ0n) is 15.2. The van der Waals surface area contributed by atoms with Crippen LogP contribution in [-0.4, -0.2) is 67.5 Å². The highest BCUT2D eigenvalue weighted by Crippen LogP contribution is 2.51. The zero-order valence-corrected chi connectivity index (χ0v) is 16.1. The molecule has 3 aliphatic rings. The minimum atomic E-state index is -1.07. The summed E-state index contributed by atoms with van der Waals surface area (Å²) in [6.07, 6.45) is 1.80. The van der Waals surface area contributed by atoms with E-state index in [0.717, 1.165) is 30.2 Å². The molecule has 0 spiro atoms. The number of aliphatic hydroxyl groups is 1. The number of carboxylic acids is 1. The summed E-state index contributed by atoms with van der Waals surface area (Å²) in [4.78, 5) is 28.7. The second-order valence-corrected chi connectivity index (χ2v) is 8.86. The third-order valence-electron chi connectivity index (χ3n) is 5.70. The predicted octanol–water partition coefficient (Wildman–Crippen LogP) is 1.14. The summed E-state index contributed by atoms with van der Waals surface area (Å²) in [6, 6.07) is 1.59. The molecule has 5 atom stereocenters. The number of hydrogen-bond donors (Lipinski definition) is 2. The van der Waals surface area contributed by atoms with E-state index >= 15 is 0 Å². The fraction of sp³-hybridized carbons (Fsp3) is 0.611. The van der Waals surface area contributed by atoms with Gasteiger partial charge >= 0.3 is 5.97 Å². The Kier molecular flexibility index (Phi) is 4.77. The normalized spacial score (nSPS) is 32.0. The summed E-state index contributed by atoms with van der Waals surface area (Å²) >= 11 is 1.57. The number of nitrogens with zero attached hydrogens (tertiary/aromatic N) is 3. The number of β-lactam (4-membered cyclic amide) rings is 1. The van der Waals surface area contributed by atoms with Gasteiger partial charge in [0.1, 0.15) is 5.70 Å². The topological polar surface area (TPSA) is 107 Å². The largest absolute Gasteiger partial charge is 0.477 e. The fourth-order valence-electron chi connectivity index (χ4n) is 4.44. The molecule has 0 radical (unpaired) electrons. The Bertz CT molecular complexity index is 778. The van der Waals surface area contributed by atoms with Crippen LogP contribution in [0.5, 0.6) is 0 Å². The SMILES string of the molecule is C[C@H]1C(SC2CCN(Cc3ccno3)C2)=C(C(=O)O)N2C(=O)[C@H]([C@@H](C)O)C12. The second kappa shape index (κ2) is 6.96. The number of carbonyl (C=O) groups excluding carboxylic acids is 1. The summed E-state index contributed by atoms with van der Waals surface area (Å²) < 4.78 is 5.16. The number of aliphatic carboxylic acids is 1. The highest BCUT2D eigenvalue weighted by Gasteiger charge is 2.60. The Morgan fingerprint density at radius 2 is 2.30 bits per heavy atom. The van der Waals surface area contributed by atoms with Crippen molar-refractivity contribution in [2.45, 2.75) is 44.2 Å². The van der Waals surface area contributed by atoms with Crippen molar-refractivity contribution in [1.29, 1.82) is 0 Å². The molecule has 1 aromatic heterocycles. The molecule has 4 rings (SSSR count). The molecule has 0 aliphatic carbocycles. The summed E-state index contributed by atoms with van der Waals surface area (Å²) in [5.74, 6) is -1.13. The van der Waals surface area contributed by atoms with E-state index in [0.29, 0.717) is 6.54 Å². The van der Waals surface area contributed by atoms with Gasteiger partial charge < -0.3 is 19.6 Å². The molecule has 2 N–H and O–H groups in total. The quantitative estimate of drug-likeness (QED) is 0.693. The first-order valence-corrected chi connectivity index (χ1v) is 10.0. The number of thioether (sulfide) groups is 1. The number of likely N-dealkylation sites (tertiary alicyclic amines) is 1. The molecule has 1 aromatic rings. The number of carbonyl (C=O) groups is 2. The van der Waals surface area contributed by atoms with Gasteiger partial charge in [0.2, 0.25) is 5.91 Å². The van der Waals surface area contributed by atoms with Crippen LogP contribution >= 0.6 is 11.8 Å². The van der Waals surface area contributed by atoms with E-state index in [1.165, 1.54) is 4.90 Å². The lowest BCUT2D eigenvalue weighted by Gasteiger charge is -2.46. The molecule has 1 amide bonds. The van der Waals surface area contributed by atoms with Crippen LogP contribution in [0.4, 0.5) is 0 Å². The van der Waals surface area contributed by atoms with Gasteiger partial charge in [0.25, 0.3) is 0 Å². The maximum absolute atomic E-state index is 12.4. The van der Waals surface area contributed by atoms with Crippen molar-refractivity contribution in [3.05, 3.63) is 28.6 Å². The number of hydrogen-bond acceptors (Lipinski definition) is 7. The minimum Gasteiger partial charge on any atom is -0.477 e. The van der Waals surface area contributed by atoms with Crippen molar-refractivity contribution in [2.75, 3.05) is 13.1 Å². The predicted molar refractivity (Wildman–Crippen MR) is 97.4 cm³/mol. The van der Waals surface area contributed by atoms with Crippen LogP contribution in [0, 0.1) is 11.8 Å². The van der Waals surface area contributed by atoms with Gasteiger partial charge in [-0.25, -0.2) is 4.79 Å². The lowest BCUT2D eigenvalue weighted by molar-refractivity contribution is -0.163. The monoisotopic (exact) mass is 393 g/mol. The van der Waals surface area contributed by atoms with Gasteiger partial charge in [0.15, 0.2) is 5.76 Å². The van der Waals surface area contributed by atoms with E-state index in [1.54, 1.807) is 24.9 Å². The van der Waals surface area contributed by atoms with Gasteiger partial charge in [0.05, 0.1) is 30.8 Å². The Hall–Kier alpha value is -1.84. The molecule has 4 heterocycles. The van der Waals surface area contributed by atoms with Crippen molar-refractivity contribution in [3.63, 3.8) is 0 Å². The van der Waals surface area contributed by atoms with Gasteiger partial charge in [-0.1, -0.05) is 12.1 Å². The van der Waals surface area contributed by atoms with E-state index in [4.69, 9.17) is 4.52 Å². The zero-order chi connectivity index (χ0) is 19.3. The maximum Gasteiger partial charge on any atom is 0.353 e. The van der Waals surface area contributed by atoms with Crippen molar-refractivity contribution < 1.29 is 24.3 Å². The molecule has 3 aliphatic heterocycles. The second-order valence-electron chi connectivity index (χ2n) is 7.51. The smallest absolute Gasteiger partial charge is 0.353 e. The third kappa shape index (κ3) is 3.07. The number of fused-ring (bicyclic) bond motifs is 1. The molecule has 0 saturated carbocycles. The first-order chi connectivity index (χ1) is 12.9. The van der Waals surface area contributed by atoms with E-state index < -0.39 is 18.0 Å². The van der Waals surface area contributed by atoms with Crippen molar-refractivity contribution in [1.82, 2.24) is 15.0 Å². The molecular weight excluding hydrogens is 370 g/mol. The van der Waals surface area contributed by atoms with Crippen LogP contribution in [-0.2, 0) is 16.1 Å². The van der Waals surface area contributed by atoms with Gasteiger partial charge in [-0.15, -0.1) is 11.8 Å². The molecule has 2 unspecified atom stereocenters. The first-order valence-electron chi connectivity index (χ1n) is 9.15. The van der Waals surface area contributed by atoms with Crippen LogP contribution in [0.3, 0.4) is 0 Å². The van der Waals surface area contributed by atoms with E-state index in [-0.39, 0.29) is 28.8 Å². The van der Waals surface area contributed by atoms with Crippen molar-refractivity contribution >= 4 is 23.6 Å². The molecule has 0 aromatic carbocycles. The standard InChI is InChI=1S/C18H23N3O5S/c1-9-14-13(10(2)22)17(23)21(14)15(18(24)25)16(9)27-12-4-6-20(8-12)7-11-3-5-19-26-11/h3,5,9-10,12-14,22H,4,6-8H2,1-2H3,(H,24,25)/t9-,10-,12?,13-,14?/m1/s1. The average molecular weight is 393 g/mol. The molecular formula is C18H23N3O5S. The Morgan fingerprint density at radius 1 is 1.52 bits per heavy atom. The van der Waals surface area contributed by atoms with Crippen LogP contribution in [0.25, 0.3) is 0 Å². The Balaban J connectivity index is 1.48. The minimum absolute atomic E-state index is 0.0817. The lowest BCUT2D eigenvalue weighted by Crippen LogP contribution is -2.63. The summed E-state index contributed by atoms with van der Waals surface area (Å²) in [6.45, 7) is 5.97. The van der Waals surface area contributed by atoms with E-state index in [9.17, 15) is 19.8 Å². The highest BCUT2D eigenvalue weighted by molar-refractivity contribution is 8.03. The van der Waals surface area contributed by atoms with Crippen LogP contribution < -0.4 is 0 Å². The van der Waals surface area contributed by atoms with Crippen LogP contribution in [0.2, 0.25) is 0 Å². The molecule has 2 fully saturated rings. The number of aromatic nitrogens is 1. The molecule has 146 valence electrons. The van der Waals surface area contributed by atoms with E-state index in [1.807, 2.05) is 13.0 Å². The number of rotatable bonds is 6. The first kappa shape index (κ1) is 18.5. The Labute approximate surface area is 161 Å². The van der Waals surface area contributed by atoms with E-state index in [2.05, 4.69) is 10.1 Å². The van der Waals surface area contributed by atoms with Crippen molar-refractivity contribution in [3.8, 4) is 0 Å². The summed E-state index contributed by atoms with van der Waals surface area (Å²) in [5.41, 5.74) is 0.105. The fourth-order valence-corrected chi connectivity index (χ4v) is 5.96. The molecule has 0 bridgehead atoms. The van der Waals surface area contributed by atoms with Crippen LogP contribution in [0.15, 0.2) is 27.4 Å². The van der Waals surface area contributed by atoms with Crippen molar-refractivity contribution in [2.24, 2.45) is 11.8 Å². The summed E-state index contributed by atoms with van der Waals surface area (Å²) in [7, 11) is 0. The maximum atomic E-state index is 12.4. The van der Waals surface area contributed by atoms with Gasteiger partial charge in [-0.3, -0.25) is 9.69 Å². The highest BCUT2D eigenvalue weighted by atomic mass is 32.2. The average Bonchev–Trinajstić information content (AvgIpc) is 3.30. The van der Waals surface area contributed by atoms with Crippen LogP contribution in [0.1, 0.15) is 26.0 Å². The molecule has 8 nitrogen and oxygen atoms in total. The van der Waals surface area contributed by atoms with Gasteiger partial charge in [0, 0.05) is 28.7 Å².